The minimum atomic E-state index is -0.865. The second kappa shape index (κ2) is 7.60. The molecule has 3 rings (SSSR count). The van der Waals surface area contributed by atoms with E-state index in [9.17, 15) is 9.90 Å². The standard InChI is InChI=1S/C19H20ClNO4S/c1-4-25-19-6-5-12(26-19)10-21-11(2)13(8-18(22)23)14-7-17(24-3)15(20)9-16(14)21/h5-7,9H,4,8,10H2,1-3H3,(H,22,23). The maximum Gasteiger partial charge on any atom is 0.307 e. The van der Waals surface area contributed by atoms with E-state index in [-0.39, 0.29) is 6.42 Å². The van der Waals surface area contributed by atoms with E-state index in [1.54, 1.807) is 18.4 Å². The van der Waals surface area contributed by atoms with Crippen LogP contribution in [0, 0.1) is 6.92 Å². The number of hydrogen-bond acceptors (Lipinski definition) is 4. The molecule has 0 aliphatic carbocycles. The number of carboxylic acid groups (broad SMARTS) is 1. The van der Waals surface area contributed by atoms with Crippen molar-refractivity contribution >= 4 is 39.8 Å². The molecule has 138 valence electrons. The lowest BCUT2D eigenvalue weighted by atomic mass is 10.1. The van der Waals surface area contributed by atoms with Crippen LogP contribution >= 0.6 is 22.9 Å². The van der Waals surface area contributed by atoms with Crippen molar-refractivity contribution in [1.82, 2.24) is 4.57 Å². The van der Waals surface area contributed by atoms with Gasteiger partial charge in [-0.3, -0.25) is 4.79 Å². The lowest BCUT2D eigenvalue weighted by Gasteiger charge is -2.08. The van der Waals surface area contributed by atoms with Crippen LogP contribution in [0.2, 0.25) is 5.02 Å². The van der Waals surface area contributed by atoms with E-state index in [0.717, 1.165) is 32.1 Å². The van der Waals surface area contributed by atoms with Gasteiger partial charge >= 0.3 is 5.97 Å². The van der Waals surface area contributed by atoms with Crippen molar-refractivity contribution in [3.8, 4) is 10.8 Å². The molecule has 0 saturated carbocycles. The first-order valence-electron chi connectivity index (χ1n) is 8.23. The molecule has 1 N–H and O–H groups in total. The van der Waals surface area contributed by atoms with E-state index in [2.05, 4.69) is 4.57 Å². The number of aliphatic carboxylic acids is 1. The molecule has 3 aromatic rings. The normalized spacial score (nSPS) is 11.1. The fraction of sp³-hybridized carbons (Fsp3) is 0.316. The molecule has 0 amide bonds. The number of nitrogens with zero attached hydrogens (tertiary/aromatic N) is 1. The van der Waals surface area contributed by atoms with Gasteiger partial charge in [-0.25, -0.2) is 0 Å². The van der Waals surface area contributed by atoms with Crippen LogP contribution in [0.4, 0.5) is 0 Å². The van der Waals surface area contributed by atoms with Crippen molar-refractivity contribution < 1.29 is 19.4 Å². The number of thiophene rings is 1. The minimum Gasteiger partial charge on any atom is -0.495 e. The summed E-state index contributed by atoms with van der Waals surface area (Å²) >= 11 is 7.91. The van der Waals surface area contributed by atoms with E-state index in [0.29, 0.717) is 23.9 Å². The van der Waals surface area contributed by atoms with Crippen molar-refractivity contribution in [2.45, 2.75) is 26.8 Å². The first-order chi connectivity index (χ1) is 12.4. The molecule has 7 heteroatoms. The molecule has 0 atom stereocenters. The summed E-state index contributed by atoms with van der Waals surface area (Å²) in [6.07, 6.45) is -0.0469. The molecule has 2 aromatic heterocycles. The van der Waals surface area contributed by atoms with Crippen LogP contribution in [0.3, 0.4) is 0 Å². The molecule has 0 aliphatic rings. The van der Waals surface area contributed by atoms with Crippen LogP contribution in [0.15, 0.2) is 24.3 Å². The Labute approximate surface area is 160 Å². The highest BCUT2D eigenvalue weighted by Gasteiger charge is 2.19. The molecule has 0 fully saturated rings. The molecular formula is C19H20ClNO4S. The van der Waals surface area contributed by atoms with Crippen LogP contribution in [0.1, 0.15) is 23.1 Å². The maximum atomic E-state index is 11.3. The second-order valence-electron chi connectivity index (χ2n) is 5.88. The van der Waals surface area contributed by atoms with Gasteiger partial charge in [0, 0.05) is 16.0 Å². The molecule has 0 radical (unpaired) electrons. The molecule has 0 saturated heterocycles. The number of methoxy groups -OCH3 is 1. The predicted octanol–water partition coefficient (Wildman–Crippen LogP) is 4.75. The number of aromatic nitrogens is 1. The van der Waals surface area contributed by atoms with Crippen LogP contribution in [0.5, 0.6) is 10.8 Å². The lowest BCUT2D eigenvalue weighted by molar-refractivity contribution is -0.136. The third-order valence-electron chi connectivity index (χ3n) is 4.29. The third-order valence-corrected chi connectivity index (χ3v) is 5.57. The molecule has 2 heterocycles. The smallest absolute Gasteiger partial charge is 0.307 e. The zero-order valence-electron chi connectivity index (χ0n) is 14.8. The highest BCUT2D eigenvalue weighted by atomic mass is 35.5. The number of rotatable bonds is 7. The van der Waals surface area contributed by atoms with Crippen LogP contribution in [-0.2, 0) is 17.8 Å². The Balaban J connectivity index is 2.12. The molecule has 1 aromatic carbocycles. The summed E-state index contributed by atoms with van der Waals surface area (Å²) in [6.45, 7) is 5.15. The molecule has 0 bridgehead atoms. The third kappa shape index (κ3) is 3.52. The molecule has 0 aliphatic heterocycles. The van der Waals surface area contributed by atoms with Crippen LogP contribution in [0.25, 0.3) is 10.9 Å². The number of hydrogen-bond donors (Lipinski definition) is 1. The summed E-state index contributed by atoms with van der Waals surface area (Å²) in [5.74, 6) is -0.325. The summed E-state index contributed by atoms with van der Waals surface area (Å²) in [5, 5.41) is 11.5. The average Bonchev–Trinajstić information content (AvgIpc) is 3.13. The highest BCUT2D eigenvalue weighted by Crippen LogP contribution is 2.36. The van der Waals surface area contributed by atoms with Crippen LogP contribution < -0.4 is 9.47 Å². The Morgan fingerprint density at radius 3 is 2.77 bits per heavy atom. The summed E-state index contributed by atoms with van der Waals surface area (Å²) in [7, 11) is 1.55. The Morgan fingerprint density at radius 1 is 1.35 bits per heavy atom. The quantitative estimate of drug-likeness (QED) is 0.629. The van der Waals surface area contributed by atoms with Gasteiger partial charge in [0.25, 0.3) is 0 Å². The number of carboxylic acids is 1. The van der Waals surface area contributed by atoms with Crippen molar-refractivity contribution in [3.05, 3.63) is 45.4 Å². The largest absolute Gasteiger partial charge is 0.495 e. The number of ether oxygens (including phenoxy) is 2. The van der Waals surface area contributed by atoms with Crippen molar-refractivity contribution in [2.24, 2.45) is 0 Å². The average molecular weight is 394 g/mol. The summed E-state index contributed by atoms with van der Waals surface area (Å²) < 4.78 is 12.9. The lowest BCUT2D eigenvalue weighted by Crippen LogP contribution is -2.04. The van der Waals surface area contributed by atoms with Crippen LogP contribution in [-0.4, -0.2) is 29.4 Å². The van der Waals surface area contributed by atoms with Crippen molar-refractivity contribution in [1.29, 1.82) is 0 Å². The molecule has 0 unspecified atom stereocenters. The van der Waals surface area contributed by atoms with Gasteiger partial charge < -0.3 is 19.1 Å². The number of carbonyl (C=O) groups is 1. The van der Waals surface area contributed by atoms with Gasteiger partial charge in [0.05, 0.1) is 37.2 Å². The summed E-state index contributed by atoms with van der Waals surface area (Å²) in [4.78, 5) is 12.5. The Morgan fingerprint density at radius 2 is 2.12 bits per heavy atom. The van der Waals surface area contributed by atoms with Gasteiger partial charge in [-0.15, -0.1) is 11.3 Å². The Bertz CT molecular complexity index is 960. The zero-order chi connectivity index (χ0) is 18.8. The van der Waals surface area contributed by atoms with Gasteiger partial charge in [0.1, 0.15) is 5.75 Å². The second-order valence-corrected chi connectivity index (χ2v) is 7.42. The Hall–Kier alpha value is -2.18. The van der Waals surface area contributed by atoms with E-state index in [1.165, 1.54) is 0 Å². The van der Waals surface area contributed by atoms with Crippen molar-refractivity contribution in [2.75, 3.05) is 13.7 Å². The molecule has 0 spiro atoms. The maximum absolute atomic E-state index is 11.3. The van der Waals surface area contributed by atoms with E-state index in [4.69, 9.17) is 21.1 Å². The summed E-state index contributed by atoms with van der Waals surface area (Å²) in [6, 6.07) is 7.65. The topological polar surface area (TPSA) is 60.7 Å². The fourth-order valence-corrected chi connectivity index (χ4v) is 4.24. The van der Waals surface area contributed by atoms with Gasteiger partial charge in [-0.1, -0.05) is 11.6 Å². The number of fused-ring (bicyclic) bond motifs is 1. The summed E-state index contributed by atoms with van der Waals surface area (Å²) in [5.41, 5.74) is 2.60. The SMILES string of the molecule is CCOc1ccc(Cn2c(C)c(CC(=O)O)c3cc(OC)c(Cl)cc32)s1. The first kappa shape index (κ1) is 18.6. The molecular weight excluding hydrogens is 374 g/mol. The monoisotopic (exact) mass is 393 g/mol. The highest BCUT2D eigenvalue weighted by molar-refractivity contribution is 7.13. The predicted molar refractivity (Wildman–Crippen MR) is 104 cm³/mol. The minimum absolute atomic E-state index is 0.0469. The fourth-order valence-electron chi connectivity index (χ4n) is 3.10. The zero-order valence-corrected chi connectivity index (χ0v) is 16.4. The van der Waals surface area contributed by atoms with Gasteiger partial charge in [0.2, 0.25) is 0 Å². The Kier molecular flexibility index (Phi) is 5.44. The van der Waals surface area contributed by atoms with E-state index in [1.807, 2.05) is 38.1 Å². The number of benzene rings is 1. The first-order valence-corrected chi connectivity index (χ1v) is 9.42. The van der Waals surface area contributed by atoms with Gasteiger partial charge in [-0.05, 0) is 43.7 Å². The molecule has 5 nitrogen and oxygen atoms in total. The molecule has 26 heavy (non-hydrogen) atoms. The number of halogens is 1. The van der Waals surface area contributed by atoms with Gasteiger partial charge in [-0.2, -0.15) is 0 Å². The van der Waals surface area contributed by atoms with E-state index < -0.39 is 5.97 Å². The van der Waals surface area contributed by atoms with Crippen molar-refractivity contribution in [3.63, 3.8) is 0 Å². The van der Waals surface area contributed by atoms with Gasteiger partial charge in [0.15, 0.2) is 5.06 Å². The van der Waals surface area contributed by atoms with E-state index >= 15 is 0 Å².